The van der Waals surface area contributed by atoms with Crippen molar-refractivity contribution in [2.24, 2.45) is 0 Å². The van der Waals surface area contributed by atoms with Crippen LogP contribution in [0.1, 0.15) is 28.8 Å². The lowest BCUT2D eigenvalue weighted by atomic mass is 10.1. The van der Waals surface area contributed by atoms with Crippen molar-refractivity contribution >= 4 is 23.2 Å². The average Bonchev–Trinajstić information content (AvgIpc) is 3.58. The summed E-state index contributed by atoms with van der Waals surface area (Å²) in [5.41, 5.74) is 2.30. The summed E-state index contributed by atoms with van der Waals surface area (Å²) in [4.78, 5) is 27.9. The van der Waals surface area contributed by atoms with Gasteiger partial charge in [-0.05, 0) is 54.8 Å². The first-order valence-electron chi connectivity index (χ1n) is 11.1. The van der Waals surface area contributed by atoms with Crippen LogP contribution in [-0.2, 0) is 11.3 Å². The number of ether oxygens (including phenoxy) is 2. The molecule has 34 heavy (non-hydrogen) atoms. The summed E-state index contributed by atoms with van der Waals surface area (Å²) >= 11 is 0. The molecule has 8 heteroatoms. The van der Waals surface area contributed by atoms with Crippen LogP contribution in [0.2, 0.25) is 0 Å². The lowest BCUT2D eigenvalue weighted by molar-refractivity contribution is -0.117. The summed E-state index contributed by atoms with van der Waals surface area (Å²) in [6.07, 6.45) is 2.06. The molecule has 2 amide bonds. The van der Waals surface area contributed by atoms with E-state index in [1.54, 1.807) is 54.6 Å². The predicted octanol–water partition coefficient (Wildman–Crippen LogP) is 4.41. The molecule has 3 aromatic carbocycles. The van der Waals surface area contributed by atoms with Gasteiger partial charge in [0.05, 0.1) is 17.8 Å². The minimum Gasteiger partial charge on any atom is -0.454 e. The second-order valence-electron chi connectivity index (χ2n) is 8.38. The molecule has 2 aliphatic rings. The van der Waals surface area contributed by atoms with E-state index >= 15 is 0 Å². The quantitative estimate of drug-likeness (QED) is 0.520. The zero-order valence-corrected chi connectivity index (χ0v) is 18.4. The van der Waals surface area contributed by atoms with Crippen LogP contribution in [0.4, 0.5) is 15.8 Å². The van der Waals surface area contributed by atoms with E-state index in [9.17, 15) is 14.0 Å². The minimum atomic E-state index is -0.347. The summed E-state index contributed by atoms with van der Waals surface area (Å²) in [5, 5.41) is 5.72. The highest BCUT2D eigenvalue weighted by molar-refractivity contribution is 6.10. The van der Waals surface area contributed by atoms with Crippen LogP contribution in [0, 0.1) is 5.82 Å². The molecule has 0 atom stereocenters. The Morgan fingerprint density at radius 2 is 1.71 bits per heavy atom. The molecule has 7 nitrogen and oxygen atoms in total. The number of para-hydroxylation sites is 1. The maximum atomic E-state index is 13.2. The monoisotopic (exact) mass is 461 g/mol. The molecule has 174 valence electrons. The minimum absolute atomic E-state index is 0.153. The van der Waals surface area contributed by atoms with Gasteiger partial charge in [0.25, 0.3) is 5.91 Å². The number of amides is 2. The Morgan fingerprint density at radius 3 is 2.50 bits per heavy atom. The molecule has 0 unspecified atom stereocenters. The smallest absolute Gasteiger partial charge is 0.257 e. The van der Waals surface area contributed by atoms with Crippen LogP contribution in [0.25, 0.3) is 0 Å². The van der Waals surface area contributed by atoms with Crippen LogP contribution in [0.5, 0.6) is 11.5 Å². The number of halogens is 1. The lowest BCUT2D eigenvalue weighted by Crippen LogP contribution is -2.34. The van der Waals surface area contributed by atoms with Crippen molar-refractivity contribution in [2.45, 2.75) is 25.4 Å². The van der Waals surface area contributed by atoms with Gasteiger partial charge in [0, 0.05) is 24.3 Å². The van der Waals surface area contributed by atoms with E-state index in [1.165, 1.54) is 12.1 Å². The third-order valence-electron chi connectivity index (χ3n) is 5.79. The van der Waals surface area contributed by atoms with Gasteiger partial charge < -0.3 is 20.1 Å². The molecule has 1 fully saturated rings. The SMILES string of the molecule is O=C(CN(Cc1ccc(F)cc1)C1CC1)Nc1ccccc1C(=O)Nc1ccc2c(c1)OCO2. The maximum absolute atomic E-state index is 13.2. The second kappa shape index (κ2) is 9.52. The number of nitrogens with zero attached hydrogens (tertiary/aromatic N) is 1. The Kier molecular flexibility index (Phi) is 6.14. The fourth-order valence-electron chi connectivity index (χ4n) is 3.92. The van der Waals surface area contributed by atoms with Crippen LogP contribution in [0.3, 0.4) is 0 Å². The maximum Gasteiger partial charge on any atom is 0.257 e. The number of carbonyl (C=O) groups is 2. The number of hydrogen-bond acceptors (Lipinski definition) is 5. The van der Waals surface area contributed by atoms with E-state index in [-0.39, 0.29) is 31.0 Å². The molecule has 0 spiro atoms. The number of rotatable bonds is 8. The number of nitrogens with one attached hydrogen (secondary N) is 2. The normalized spacial score (nSPS) is 14.2. The van der Waals surface area contributed by atoms with Crippen LogP contribution >= 0.6 is 0 Å². The van der Waals surface area contributed by atoms with Gasteiger partial charge in [-0.15, -0.1) is 0 Å². The van der Waals surface area contributed by atoms with Crippen LogP contribution in [-0.4, -0.2) is 36.1 Å². The van der Waals surface area contributed by atoms with Crippen LogP contribution in [0.15, 0.2) is 66.7 Å². The Labute approximate surface area is 196 Å². The molecule has 0 radical (unpaired) electrons. The van der Waals surface area contributed by atoms with E-state index in [0.717, 1.165) is 18.4 Å². The first kappa shape index (κ1) is 21.9. The second-order valence-corrected chi connectivity index (χ2v) is 8.38. The predicted molar refractivity (Wildman–Crippen MR) is 125 cm³/mol. The van der Waals surface area contributed by atoms with Gasteiger partial charge >= 0.3 is 0 Å². The van der Waals surface area contributed by atoms with Gasteiger partial charge in [0.2, 0.25) is 12.7 Å². The average molecular weight is 461 g/mol. The van der Waals surface area contributed by atoms with E-state index in [0.29, 0.717) is 41.0 Å². The summed E-state index contributed by atoms with van der Waals surface area (Å²) in [7, 11) is 0. The van der Waals surface area contributed by atoms with Crippen molar-refractivity contribution in [1.82, 2.24) is 4.90 Å². The zero-order valence-electron chi connectivity index (χ0n) is 18.4. The number of hydrogen-bond donors (Lipinski definition) is 2. The molecule has 0 aromatic heterocycles. The molecular weight excluding hydrogens is 437 g/mol. The Morgan fingerprint density at radius 1 is 0.941 bits per heavy atom. The fraction of sp³-hybridized carbons (Fsp3) is 0.231. The largest absolute Gasteiger partial charge is 0.454 e. The van der Waals surface area contributed by atoms with Crippen molar-refractivity contribution in [1.29, 1.82) is 0 Å². The third-order valence-corrected chi connectivity index (χ3v) is 5.79. The van der Waals surface area contributed by atoms with E-state index in [2.05, 4.69) is 15.5 Å². The first-order chi connectivity index (χ1) is 16.5. The van der Waals surface area contributed by atoms with Crippen molar-refractivity contribution in [3.8, 4) is 11.5 Å². The molecule has 1 heterocycles. The zero-order chi connectivity index (χ0) is 23.5. The number of carbonyl (C=O) groups excluding carboxylic acids is 2. The highest BCUT2D eigenvalue weighted by Gasteiger charge is 2.30. The molecule has 1 aliphatic heterocycles. The fourth-order valence-corrected chi connectivity index (χ4v) is 3.92. The molecule has 2 N–H and O–H groups in total. The van der Waals surface area contributed by atoms with Crippen LogP contribution < -0.4 is 20.1 Å². The molecule has 0 bridgehead atoms. The van der Waals surface area contributed by atoms with Gasteiger partial charge in [-0.3, -0.25) is 14.5 Å². The highest BCUT2D eigenvalue weighted by atomic mass is 19.1. The number of benzene rings is 3. The first-order valence-corrected chi connectivity index (χ1v) is 11.1. The van der Waals surface area contributed by atoms with Gasteiger partial charge in [0.1, 0.15) is 5.82 Å². The van der Waals surface area contributed by atoms with E-state index in [4.69, 9.17) is 9.47 Å². The standard InChI is InChI=1S/C26H24FN3O4/c27-18-7-5-17(6-8-18)14-30(20-10-11-20)15-25(31)29-22-4-2-1-3-21(22)26(32)28-19-9-12-23-24(13-19)34-16-33-23/h1-9,12-13,20H,10-11,14-16H2,(H,28,32)(H,29,31). The number of anilines is 2. The topological polar surface area (TPSA) is 79.9 Å². The Bertz CT molecular complexity index is 1210. The molecule has 0 saturated heterocycles. The summed E-state index contributed by atoms with van der Waals surface area (Å²) in [5.74, 6) is 0.361. The molecular formula is C26H24FN3O4. The van der Waals surface area contributed by atoms with Gasteiger partial charge in [0.15, 0.2) is 11.5 Å². The van der Waals surface area contributed by atoms with E-state index < -0.39 is 0 Å². The molecule has 1 aliphatic carbocycles. The van der Waals surface area contributed by atoms with Crippen molar-refractivity contribution in [3.05, 3.63) is 83.7 Å². The van der Waals surface area contributed by atoms with Gasteiger partial charge in [-0.2, -0.15) is 0 Å². The molecule has 3 aromatic rings. The Balaban J connectivity index is 1.25. The Hall–Kier alpha value is -3.91. The molecule has 1 saturated carbocycles. The summed E-state index contributed by atoms with van der Waals surface area (Å²) < 4.78 is 23.9. The van der Waals surface area contributed by atoms with Crippen molar-refractivity contribution in [2.75, 3.05) is 24.0 Å². The molecule has 5 rings (SSSR count). The van der Waals surface area contributed by atoms with Gasteiger partial charge in [-0.1, -0.05) is 24.3 Å². The summed E-state index contributed by atoms with van der Waals surface area (Å²) in [6.45, 7) is 0.894. The van der Waals surface area contributed by atoms with Crippen molar-refractivity contribution < 1.29 is 23.5 Å². The lowest BCUT2D eigenvalue weighted by Gasteiger charge is -2.22. The van der Waals surface area contributed by atoms with Gasteiger partial charge in [-0.25, -0.2) is 4.39 Å². The summed E-state index contributed by atoms with van der Waals surface area (Å²) in [6, 6.07) is 18.7. The number of fused-ring (bicyclic) bond motifs is 1. The third kappa shape index (κ3) is 5.18. The van der Waals surface area contributed by atoms with Crippen molar-refractivity contribution in [3.63, 3.8) is 0 Å². The van der Waals surface area contributed by atoms with E-state index in [1.807, 2.05) is 0 Å². The highest BCUT2D eigenvalue weighted by Crippen LogP contribution is 2.34.